The monoisotopic (exact) mass is 292 g/mol. The molecular weight excluding hydrogens is 264 g/mol. The maximum atomic E-state index is 5.56. The summed E-state index contributed by atoms with van der Waals surface area (Å²) in [6.07, 6.45) is 10.2. The Morgan fingerprint density at radius 2 is 2.05 bits per heavy atom. The van der Waals surface area contributed by atoms with Gasteiger partial charge in [0.2, 0.25) is 0 Å². The molecule has 1 aromatic rings. The molecule has 3 rings (SSSR count). The van der Waals surface area contributed by atoms with Crippen LogP contribution in [0.1, 0.15) is 31.5 Å². The lowest BCUT2D eigenvalue weighted by Crippen LogP contribution is -2.62. The van der Waals surface area contributed by atoms with Crippen LogP contribution in [0.5, 0.6) is 0 Å². The van der Waals surface area contributed by atoms with Gasteiger partial charge in [-0.3, -0.25) is 4.90 Å². The highest BCUT2D eigenvalue weighted by molar-refractivity contribution is 5.08. The van der Waals surface area contributed by atoms with E-state index in [-0.39, 0.29) is 5.54 Å². The van der Waals surface area contributed by atoms with Crippen molar-refractivity contribution in [1.29, 1.82) is 0 Å². The average Bonchev–Trinajstić information content (AvgIpc) is 3.16. The highest BCUT2D eigenvalue weighted by Crippen LogP contribution is 2.39. The molecule has 5 heteroatoms. The lowest BCUT2D eigenvalue weighted by atomic mass is 9.83. The van der Waals surface area contributed by atoms with E-state index in [2.05, 4.69) is 33.9 Å². The van der Waals surface area contributed by atoms with Crippen molar-refractivity contribution >= 4 is 0 Å². The molecule has 0 spiro atoms. The first-order valence-electron chi connectivity index (χ1n) is 8.22. The Morgan fingerprint density at radius 1 is 1.33 bits per heavy atom. The molecule has 2 heterocycles. The highest BCUT2D eigenvalue weighted by Gasteiger charge is 2.45. The van der Waals surface area contributed by atoms with Gasteiger partial charge in [-0.2, -0.15) is 0 Å². The number of nitrogens with one attached hydrogen (secondary N) is 1. The van der Waals surface area contributed by atoms with Gasteiger partial charge in [0.1, 0.15) is 5.82 Å². The van der Waals surface area contributed by atoms with E-state index in [4.69, 9.17) is 4.74 Å². The van der Waals surface area contributed by atoms with E-state index in [1.54, 1.807) is 0 Å². The summed E-state index contributed by atoms with van der Waals surface area (Å²) >= 11 is 0. The molecule has 1 atom stereocenters. The third kappa shape index (κ3) is 2.87. The maximum Gasteiger partial charge on any atom is 0.109 e. The summed E-state index contributed by atoms with van der Waals surface area (Å²) in [7, 11) is 4.19. The first-order valence-corrected chi connectivity index (χ1v) is 8.22. The second-order valence-corrected chi connectivity index (χ2v) is 6.41. The summed E-state index contributed by atoms with van der Waals surface area (Å²) in [4.78, 5) is 7.22. The van der Waals surface area contributed by atoms with Crippen molar-refractivity contribution in [3.8, 4) is 0 Å². The van der Waals surface area contributed by atoms with Gasteiger partial charge in [-0.1, -0.05) is 12.8 Å². The van der Waals surface area contributed by atoms with Crippen molar-refractivity contribution in [2.45, 2.75) is 43.7 Å². The number of hydrogen-bond acceptors (Lipinski definition) is 4. The molecule has 1 aromatic heterocycles. The average molecular weight is 292 g/mol. The van der Waals surface area contributed by atoms with Crippen LogP contribution in [0.4, 0.5) is 0 Å². The fraction of sp³-hybridized carbons (Fsp3) is 0.812. The zero-order valence-electron chi connectivity index (χ0n) is 13.3. The number of likely N-dealkylation sites (N-methyl/N-ethyl adjacent to an activating group) is 1. The molecule has 1 N–H and O–H groups in total. The van der Waals surface area contributed by atoms with Crippen molar-refractivity contribution in [2.24, 2.45) is 7.05 Å². The van der Waals surface area contributed by atoms with Gasteiger partial charge in [0, 0.05) is 50.5 Å². The third-order valence-electron chi connectivity index (χ3n) is 5.42. The van der Waals surface area contributed by atoms with Crippen LogP contribution in [0.3, 0.4) is 0 Å². The molecule has 118 valence electrons. The molecule has 1 aliphatic carbocycles. The van der Waals surface area contributed by atoms with Gasteiger partial charge in [-0.05, 0) is 19.9 Å². The van der Waals surface area contributed by atoms with Gasteiger partial charge in [0.25, 0.3) is 0 Å². The van der Waals surface area contributed by atoms with Crippen molar-refractivity contribution in [3.05, 3.63) is 18.2 Å². The summed E-state index contributed by atoms with van der Waals surface area (Å²) in [5.74, 6) is 1.17. The van der Waals surface area contributed by atoms with Gasteiger partial charge in [-0.25, -0.2) is 4.98 Å². The van der Waals surface area contributed by atoms with Gasteiger partial charge in [-0.15, -0.1) is 0 Å². The lowest BCUT2D eigenvalue weighted by molar-refractivity contribution is -0.0350. The first-order chi connectivity index (χ1) is 10.3. The fourth-order valence-corrected chi connectivity index (χ4v) is 4.22. The second kappa shape index (κ2) is 6.46. The van der Waals surface area contributed by atoms with E-state index >= 15 is 0 Å². The molecule has 2 fully saturated rings. The Balaban J connectivity index is 1.81. The largest absolute Gasteiger partial charge is 0.379 e. The number of aryl methyl sites for hydroxylation is 1. The summed E-state index contributed by atoms with van der Waals surface area (Å²) in [6, 6.07) is 0.458. The minimum Gasteiger partial charge on any atom is -0.379 e. The van der Waals surface area contributed by atoms with Gasteiger partial charge in [0.15, 0.2) is 0 Å². The molecule has 21 heavy (non-hydrogen) atoms. The summed E-state index contributed by atoms with van der Waals surface area (Å²) in [5, 5.41) is 3.61. The van der Waals surface area contributed by atoms with E-state index in [0.29, 0.717) is 6.04 Å². The first kappa shape index (κ1) is 15.0. The molecule has 5 nitrogen and oxygen atoms in total. The molecule has 0 aromatic carbocycles. The van der Waals surface area contributed by atoms with Gasteiger partial charge < -0.3 is 14.6 Å². The van der Waals surface area contributed by atoms with Crippen molar-refractivity contribution in [3.63, 3.8) is 0 Å². The molecule has 1 saturated carbocycles. The normalized spacial score (nSPS) is 24.3. The summed E-state index contributed by atoms with van der Waals surface area (Å²) in [6.45, 7) is 3.89. The number of morpholine rings is 1. The predicted octanol–water partition coefficient (Wildman–Crippen LogP) is 1.20. The van der Waals surface area contributed by atoms with Crippen LogP contribution in [0.15, 0.2) is 12.4 Å². The number of rotatable bonds is 5. The van der Waals surface area contributed by atoms with Gasteiger partial charge in [0.05, 0.1) is 13.2 Å². The summed E-state index contributed by atoms with van der Waals surface area (Å²) in [5.41, 5.74) is 0.282. The predicted molar refractivity (Wildman–Crippen MR) is 83.4 cm³/mol. The third-order valence-corrected chi connectivity index (χ3v) is 5.42. The smallest absolute Gasteiger partial charge is 0.109 e. The second-order valence-electron chi connectivity index (χ2n) is 6.41. The molecule has 1 unspecified atom stereocenters. The standard InChI is InChI=1S/C16H28N4O/c1-17-14(13-15-18-7-8-19(15)2)16(5-3-4-6-16)20-9-11-21-12-10-20/h7-8,14,17H,3-6,9-13H2,1-2H3. The zero-order chi connectivity index (χ0) is 14.7. The number of aromatic nitrogens is 2. The van der Waals surface area contributed by atoms with Crippen LogP contribution in [-0.2, 0) is 18.2 Å². The van der Waals surface area contributed by atoms with Crippen LogP contribution in [-0.4, -0.2) is 59.4 Å². The number of imidazole rings is 1. The zero-order valence-corrected chi connectivity index (χ0v) is 13.3. The van der Waals surface area contributed by atoms with E-state index in [1.165, 1.54) is 31.5 Å². The van der Waals surface area contributed by atoms with E-state index < -0.39 is 0 Å². The highest BCUT2D eigenvalue weighted by atomic mass is 16.5. The fourth-order valence-electron chi connectivity index (χ4n) is 4.22. The Kier molecular flexibility index (Phi) is 4.62. The Hall–Kier alpha value is -0.910. The minimum atomic E-state index is 0.282. The Morgan fingerprint density at radius 3 is 2.62 bits per heavy atom. The molecule has 1 aliphatic heterocycles. The Labute approximate surface area is 127 Å². The number of hydrogen-bond donors (Lipinski definition) is 1. The van der Waals surface area contributed by atoms with Crippen molar-refractivity contribution < 1.29 is 4.74 Å². The van der Waals surface area contributed by atoms with Crippen LogP contribution in [0, 0.1) is 0 Å². The number of nitrogens with zero attached hydrogens (tertiary/aromatic N) is 3. The van der Waals surface area contributed by atoms with Gasteiger partial charge >= 0.3 is 0 Å². The molecule has 0 amide bonds. The minimum absolute atomic E-state index is 0.282. The maximum absolute atomic E-state index is 5.56. The van der Waals surface area contributed by atoms with E-state index in [9.17, 15) is 0 Å². The molecule has 2 aliphatic rings. The van der Waals surface area contributed by atoms with E-state index in [0.717, 1.165) is 32.7 Å². The van der Waals surface area contributed by atoms with Crippen LogP contribution in [0.25, 0.3) is 0 Å². The summed E-state index contributed by atoms with van der Waals surface area (Å²) < 4.78 is 7.71. The number of ether oxygens (including phenoxy) is 1. The topological polar surface area (TPSA) is 42.3 Å². The molecule has 0 radical (unpaired) electrons. The lowest BCUT2D eigenvalue weighted by Gasteiger charge is -2.48. The Bertz CT molecular complexity index is 447. The van der Waals surface area contributed by atoms with Crippen LogP contribution in [0.2, 0.25) is 0 Å². The quantitative estimate of drug-likeness (QED) is 0.885. The van der Waals surface area contributed by atoms with Crippen molar-refractivity contribution in [1.82, 2.24) is 19.8 Å². The molecule has 0 bridgehead atoms. The van der Waals surface area contributed by atoms with E-state index in [1.807, 2.05) is 12.4 Å². The molecular formula is C16H28N4O. The molecule has 1 saturated heterocycles. The van der Waals surface area contributed by atoms with Crippen LogP contribution < -0.4 is 5.32 Å². The van der Waals surface area contributed by atoms with Crippen LogP contribution >= 0.6 is 0 Å². The SMILES string of the molecule is CNC(Cc1nccn1C)C1(N2CCOCC2)CCCC1. The van der Waals surface area contributed by atoms with Crippen molar-refractivity contribution in [2.75, 3.05) is 33.4 Å².